The Morgan fingerprint density at radius 2 is 1.84 bits per heavy atom. The number of benzene rings is 2. The fraction of sp³-hybridized carbons (Fsp3) is 0.452. The summed E-state index contributed by atoms with van der Waals surface area (Å²) in [7, 11) is 4.80. The van der Waals surface area contributed by atoms with E-state index in [1.807, 2.05) is 45.0 Å². The number of methoxy groups -OCH3 is 2. The highest BCUT2D eigenvalue weighted by Gasteiger charge is 2.42. The van der Waals surface area contributed by atoms with Crippen LogP contribution >= 0.6 is 0 Å². The van der Waals surface area contributed by atoms with Crippen LogP contribution in [0.3, 0.4) is 0 Å². The van der Waals surface area contributed by atoms with E-state index in [4.69, 9.17) is 9.47 Å². The molecular formula is C31H41N7O5. The van der Waals surface area contributed by atoms with Gasteiger partial charge < -0.3 is 35.6 Å². The minimum Gasteiger partial charge on any atom is -0.497 e. The molecule has 3 unspecified atom stereocenters. The number of aromatic nitrogens is 2. The van der Waals surface area contributed by atoms with E-state index in [0.717, 1.165) is 5.69 Å². The summed E-state index contributed by atoms with van der Waals surface area (Å²) in [6.45, 7) is 7.82. The molecule has 3 aromatic rings. The second-order valence-corrected chi connectivity index (χ2v) is 11.6. The molecule has 0 saturated carbocycles. The molecule has 4 N–H and O–H groups in total. The summed E-state index contributed by atoms with van der Waals surface area (Å²) in [5, 5.41) is 12.7. The number of nitrogens with zero attached hydrogens (tertiary/aromatic N) is 3. The Kier molecular flexibility index (Phi) is 9.70. The summed E-state index contributed by atoms with van der Waals surface area (Å²) >= 11 is 0. The largest absolute Gasteiger partial charge is 0.497 e. The number of carbonyl (C=O) groups is 3. The van der Waals surface area contributed by atoms with Gasteiger partial charge in [0.1, 0.15) is 35.7 Å². The van der Waals surface area contributed by atoms with Gasteiger partial charge in [-0.1, -0.05) is 26.8 Å². The van der Waals surface area contributed by atoms with Crippen molar-refractivity contribution in [2.45, 2.75) is 58.7 Å². The molecule has 0 radical (unpaired) electrons. The van der Waals surface area contributed by atoms with Crippen molar-refractivity contribution in [1.82, 2.24) is 25.5 Å². The number of carbonyl (C=O) groups excluding carboxylic acids is 3. The maximum absolute atomic E-state index is 13.8. The van der Waals surface area contributed by atoms with Gasteiger partial charge in [0.25, 0.3) is 0 Å². The van der Waals surface area contributed by atoms with Gasteiger partial charge in [0, 0.05) is 29.8 Å². The number of anilines is 3. The van der Waals surface area contributed by atoms with Crippen molar-refractivity contribution < 1.29 is 23.9 Å². The monoisotopic (exact) mass is 591 g/mol. The van der Waals surface area contributed by atoms with E-state index in [-0.39, 0.29) is 17.7 Å². The average molecular weight is 592 g/mol. The van der Waals surface area contributed by atoms with E-state index < -0.39 is 23.5 Å². The first-order chi connectivity index (χ1) is 20.5. The van der Waals surface area contributed by atoms with Crippen LogP contribution in [0.2, 0.25) is 0 Å². The van der Waals surface area contributed by atoms with E-state index in [9.17, 15) is 14.4 Å². The minimum absolute atomic E-state index is 0.280. The normalized spacial score (nSPS) is 16.3. The van der Waals surface area contributed by atoms with Crippen molar-refractivity contribution in [2.75, 3.05) is 38.4 Å². The van der Waals surface area contributed by atoms with Crippen molar-refractivity contribution in [2.24, 2.45) is 5.41 Å². The van der Waals surface area contributed by atoms with Crippen LogP contribution in [0.1, 0.15) is 40.5 Å². The van der Waals surface area contributed by atoms with Gasteiger partial charge >= 0.3 is 0 Å². The van der Waals surface area contributed by atoms with Crippen LogP contribution in [0.5, 0.6) is 11.5 Å². The fourth-order valence-corrected chi connectivity index (χ4v) is 5.02. The third-order valence-electron chi connectivity index (χ3n) is 7.61. The number of hydrogen-bond donors (Lipinski definition) is 4. The number of likely N-dealkylation sites (tertiary alicyclic amines) is 1. The topological polar surface area (TPSA) is 147 Å². The summed E-state index contributed by atoms with van der Waals surface area (Å²) in [4.78, 5) is 50.6. The van der Waals surface area contributed by atoms with Crippen LogP contribution in [-0.2, 0) is 14.4 Å². The Morgan fingerprint density at radius 1 is 1.07 bits per heavy atom. The lowest BCUT2D eigenvalue weighted by Gasteiger charge is -2.36. The zero-order chi connectivity index (χ0) is 31.3. The number of ether oxygens (including phenoxy) is 2. The number of amides is 3. The van der Waals surface area contributed by atoms with E-state index in [0.29, 0.717) is 53.3 Å². The molecular weight excluding hydrogens is 550 g/mol. The van der Waals surface area contributed by atoms with E-state index in [2.05, 4.69) is 31.2 Å². The van der Waals surface area contributed by atoms with Crippen molar-refractivity contribution in [1.29, 1.82) is 0 Å². The minimum atomic E-state index is -0.804. The SMILES string of the molecule is CNC(C)C(=O)NC(C(=O)N1CCCC1C(=O)Nc1cc2c(Nc3cccc(OC)c3)ncnc2cc1OC)C(C)(C)C. The Balaban J connectivity index is 1.60. The maximum Gasteiger partial charge on any atom is 0.247 e. The van der Waals surface area contributed by atoms with Crippen LogP contribution in [0.4, 0.5) is 17.2 Å². The summed E-state index contributed by atoms with van der Waals surface area (Å²) in [5.41, 5.74) is 1.24. The Morgan fingerprint density at radius 3 is 2.51 bits per heavy atom. The van der Waals surface area contributed by atoms with Crippen molar-refractivity contribution in [3.63, 3.8) is 0 Å². The molecule has 12 heteroatoms. The molecule has 230 valence electrons. The van der Waals surface area contributed by atoms with Gasteiger partial charge in [-0.05, 0) is 50.4 Å². The Labute approximate surface area is 251 Å². The van der Waals surface area contributed by atoms with E-state index in [1.165, 1.54) is 13.4 Å². The average Bonchev–Trinajstić information content (AvgIpc) is 3.49. The molecule has 43 heavy (non-hydrogen) atoms. The van der Waals surface area contributed by atoms with E-state index in [1.54, 1.807) is 38.1 Å². The molecule has 1 aromatic heterocycles. The second-order valence-electron chi connectivity index (χ2n) is 11.6. The standard InChI is InChI=1S/C31H41N7O5/c1-18(32-5)28(39)37-26(31(2,3)4)30(41)38-13-9-12-24(38)29(40)36-23-15-21-22(16-25(23)43-7)33-17-34-27(21)35-19-10-8-11-20(14-19)42-6/h8,10-11,14-18,24,26,32H,9,12-13H2,1-7H3,(H,36,40)(H,37,39)(H,33,34,35). The van der Waals surface area contributed by atoms with Gasteiger partial charge in [-0.2, -0.15) is 0 Å². The molecule has 0 bridgehead atoms. The zero-order valence-electron chi connectivity index (χ0n) is 25.8. The van der Waals surface area contributed by atoms with Crippen LogP contribution in [-0.4, -0.2) is 78.5 Å². The number of nitrogens with one attached hydrogen (secondary N) is 4. The van der Waals surface area contributed by atoms with Gasteiger partial charge in [0.2, 0.25) is 17.7 Å². The number of fused-ring (bicyclic) bond motifs is 1. The molecule has 1 saturated heterocycles. The van der Waals surface area contributed by atoms with Crippen LogP contribution in [0.15, 0.2) is 42.7 Å². The lowest BCUT2D eigenvalue weighted by atomic mass is 9.85. The number of rotatable bonds is 10. The first-order valence-corrected chi connectivity index (χ1v) is 14.3. The van der Waals surface area contributed by atoms with Gasteiger partial charge in [-0.25, -0.2) is 9.97 Å². The van der Waals surface area contributed by atoms with Gasteiger partial charge in [-0.3, -0.25) is 14.4 Å². The molecule has 3 atom stereocenters. The first-order valence-electron chi connectivity index (χ1n) is 14.3. The predicted octanol–water partition coefficient (Wildman–Crippen LogP) is 3.46. The number of hydrogen-bond acceptors (Lipinski definition) is 9. The zero-order valence-corrected chi connectivity index (χ0v) is 25.8. The molecule has 1 aliphatic heterocycles. The van der Waals surface area contributed by atoms with E-state index >= 15 is 0 Å². The maximum atomic E-state index is 13.8. The van der Waals surface area contributed by atoms with Gasteiger partial charge in [0.15, 0.2) is 0 Å². The summed E-state index contributed by atoms with van der Waals surface area (Å²) in [5.74, 6) is 0.740. The highest BCUT2D eigenvalue weighted by atomic mass is 16.5. The van der Waals surface area contributed by atoms with Crippen LogP contribution < -0.4 is 30.7 Å². The summed E-state index contributed by atoms with van der Waals surface area (Å²) < 4.78 is 10.9. The molecule has 0 aliphatic carbocycles. The molecule has 2 aromatic carbocycles. The number of likely N-dealkylation sites (N-methyl/N-ethyl adjacent to an activating group) is 1. The second kappa shape index (κ2) is 13.2. The molecule has 0 spiro atoms. The quantitative estimate of drug-likeness (QED) is 0.278. The van der Waals surface area contributed by atoms with Gasteiger partial charge in [-0.15, -0.1) is 0 Å². The smallest absolute Gasteiger partial charge is 0.247 e. The third kappa shape index (κ3) is 7.14. The lowest BCUT2D eigenvalue weighted by molar-refractivity contribution is -0.143. The molecule has 1 fully saturated rings. The van der Waals surface area contributed by atoms with Crippen LogP contribution in [0.25, 0.3) is 10.9 Å². The highest BCUT2D eigenvalue weighted by molar-refractivity contribution is 6.03. The Hall–Kier alpha value is -4.45. The highest BCUT2D eigenvalue weighted by Crippen LogP contribution is 2.34. The lowest BCUT2D eigenvalue weighted by Crippen LogP contribution is -2.59. The summed E-state index contributed by atoms with van der Waals surface area (Å²) in [6.07, 6.45) is 2.61. The van der Waals surface area contributed by atoms with Gasteiger partial charge in [0.05, 0.1) is 31.5 Å². The van der Waals surface area contributed by atoms with Crippen molar-refractivity contribution >= 4 is 45.8 Å². The molecule has 2 heterocycles. The Bertz CT molecular complexity index is 1490. The molecule has 1 aliphatic rings. The predicted molar refractivity (Wildman–Crippen MR) is 166 cm³/mol. The van der Waals surface area contributed by atoms with Crippen molar-refractivity contribution in [3.8, 4) is 11.5 Å². The molecule has 12 nitrogen and oxygen atoms in total. The third-order valence-corrected chi connectivity index (χ3v) is 7.61. The first kappa shape index (κ1) is 31.5. The molecule has 3 amide bonds. The molecule has 4 rings (SSSR count). The summed E-state index contributed by atoms with van der Waals surface area (Å²) in [6, 6.07) is 8.95. The van der Waals surface area contributed by atoms with Crippen LogP contribution in [0, 0.1) is 5.41 Å². The fourth-order valence-electron chi connectivity index (χ4n) is 5.02. The van der Waals surface area contributed by atoms with Crippen molar-refractivity contribution in [3.05, 3.63) is 42.7 Å².